The highest BCUT2D eigenvalue weighted by atomic mass is 16.5. The molecule has 0 aliphatic carbocycles. The molecule has 2 N–H and O–H groups in total. The molecule has 0 aromatic heterocycles. The number of ether oxygens (including phenoxy) is 1. The summed E-state index contributed by atoms with van der Waals surface area (Å²) >= 11 is 0. The molecule has 3 atom stereocenters. The molecule has 0 saturated carbocycles. The van der Waals surface area contributed by atoms with Crippen molar-refractivity contribution in [2.45, 2.75) is 58.2 Å². The van der Waals surface area contributed by atoms with Gasteiger partial charge < -0.3 is 15.4 Å². The summed E-state index contributed by atoms with van der Waals surface area (Å²) in [6.07, 6.45) is 7.25. The van der Waals surface area contributed by atoms with Crippen molar-refractivity contribution in [3.8, 4) is 0 Å². The van der Waals surface area contributed by atoms with Crippen molar-refractivity contribution in [3.05, 3.63) is 0 Å². The molecule has 2 aliphatic heterocycles. The second kappa shape index (κ2) is 6.88. The van der Waals surface area contributed by atoms with E-state index in [-0.39, 0.29) is 0 Å². The lowest BCUT2D eigenvalue weighted by atomic mass is 9.89. The maximum absolute atomic E-state index is 5.96. The third-order valence-corrected chi connectivity index (χ3v) is 4.73. The summed E-state index contributed by atoms with van der Waals surface area (Å²) in [6, 6.07) is 0. The zero-order valence-electron chi connectivity index (χ0n) is 12.1. The van der Waals surface area contributed by atoms with Gasteiger partial charge in [0.15, 0.2) is 0 Å². The molecule has 0 radical (unpaired) electrons. The average molecular weight is 254 g/mol. The van der Waals surface area contributed by atoms with Crippen LogP contribution in [0.3, 0.4) is 0 Å². The lowest BCUT2D eigenvalue weighted by Gasteiger charge is -2.24. The Balaban J connectivity index is 1.74. The molecule has 0 bridgehead atoms. The van der Waals surface area contributed by atoms with E-state index >= 15 is 0 Å². The molecule has 106 valence electrons. The highest BCUT2D eigenvalue weighted by Crippen LogP contribution is 2.26. The summed E-state index contributed by atoms with van der Waals surface area (Å²) < 4.78 is 5.96. The first-order valence-corrected chi connectivity index (χ1v) is 7.77. The Morgan fingerprint density at radius 3 is 2.56 bits per heavy atom. The Morgan fingerprint density at radius 2 is 1.89 bits per heavy atom. The molecule has 18 heavy (non-hydrogen) atoms. The Kier molecular flexibility index (Phi) is 5.46. The summed E-state index contributed by atoms with van der Waals surface area (Å²) in [5, 5.41) is 0. The summed E-state index contributed by atoms with van der Waals surface area (Å²) in [5.41, 5.74) is 5.67. The molecular weight excluding hydrogens is 224 g/mol. The van der Waals surface area contributed by atoms with Crippen molar-refractivity contribution in [1.29, 1.82) is 0 Å². The molecule has 0 aromatic carbocycles. The fourth-order valence-electron chi connectivity index (χ4n) is 3.41. The topological polar surface area (TPSA) is 38.5 Å². The van der Waals surface area contributed by atoms with E-state index in [1.807, 2.05) is 0 Å². The Hall–Kier alpha value is -0.120. The van der Waals surface area contributed by atoms with Gasteiger partial charge >= 0.3 is 0 Å². The van der Waals surface area contributed by atoms with Gasteiger partial charge in [-0.25, -0.2) is 0 Å². The van der Waals surface area contributed by atoms with Crippen LogP contribution in [0.25, 0.3) is 0 Å². The number of hydrogen-bond acceptors (Lipinski definition) is 3. The highest BCUT2D eigenvalue weighted by Gasteiger charge is 2.27. The molecule has 2 rings (SSSR count). The van der Waals surface area contributed by atoms with Gasteiger partial charge in [-0.3, -0.25) is 0 Å². The van der Waals surface area contributed by atoms with Crippen LogP contribution in [0.2, 0.25) is 0 Å². The van der Waals surface area contributed by atoms with Crippen LogP contribution < -0.4 is 5.73 Å². The van der Waals surface area contributed by atoms with Crippen LogP contribution in [-0.4, -0.2) is 43.3 Å². The Morgan fingerprint density at radius 1 is 1.11 bits per heavy atom. The predicted octanol–water partition coefficient (Wildman–Crippen LogP) is 2.25. The van der Waals surface area contributed by atoms with Gasteiger partial charge in [-0.2, -0.15) is 0 Å². The van der Waals surface area contributed by atoms with Crippen molar-refractivity contribution in [2.75, 3.05) is 26.2 Å². The fraction of sp³-hybridized carbons (Fsp3) is 1.00. The zero-order chi connectivity index (χ0) is 13.0. The maximum Gasteiger partial charge on any atom is 0.0707 e. The van der Waals surface area contributed by atoms with Crippen molar-refractivity contribution in [3.63, 3.8) is 0 Å². The smallest absolute Gasteiger partial charge is 0.0707 e. The molecule has 2 saturated heterocycles. The van der Waals surface area contributed by atoms with E-state index in [1.54, 1.807) is 0 Å². The van der Waals surface area contributed by atoms with Gasteiger partial charge in [-0.1, -0.05) is 13.8 Å². The molecule has 2 heterocycles. The fourth-order valence-corrected chi connectivity index (χ4v) is 3.41. The summed E-state index contributed by atoms with van der Waals surface area (Å²) in [5.74, 6) is 1.77. The minimum Gasteiger partial charge on any atom is -0.372 e. The van der Waals surface area contributed by atoms with Crippen molar-refractivity contribution < 1.29 is 4.74 Å². The normalized spacial score (nSPS) is 35.0. The van der Waals surface area contributed by atoms with E-state index in [9.17, 15) is 0 Å². The Labute approximate surface area is 112 Å². The highest BCUT2D eigenvalue weighted by molar-refractivity contribution is 4.79. The number of nitrogens with zero attached hydrogens (tertiary/aromatic N) is 1. The molecule has 3 unspecified atom stereocenters. The molecular formula is C15H30N2O. The van der Waals surface area contributed by atoms with Crippen LogP contribution in [0.1, 0.15) is 46.0 Å². The average Bonchev–Trinajstić information content (AvgIpc) is 2.66. The lowest BCUT2D eigenvalue weighted by Crippen LogP contribution is -2.34. The first-order chi connectivity index (χ1) is 8.69. The van der Waals surface area contributed by atoms with Crippen LogP contribution in [0.15, 0.2) is 0 Å². The molecule has 2 fully saturated rings. The van der Waals surface area contributed by atoms with E-state index in [0.29, 0.717) is 18.8 Å². The van der Waals surface area contributed by atoms with Gasteiger partial charge in [-0.05, 0) is 57.0 Å². The number of likely N-dealkylation sites (tertiary alicyclic amines) is 1. The molecule has 0 amide bonds. The third-order valence-electron chi connectivity index (χ3n) is 4.73. The van der Waals surface area contributed by atoms with Gasteiger partial charge in [0.05, 0.1) is 12.2 Å². The van der Waals surface area contributed by atoms with Gasteiger partial charge in [0.25, 0.3) is 0 Å². The molecule has 3 nitrogen and oxygen atoms in total. The van der Waals surface area contributed by atoms with Gasteiger partial charge in [0.2, 0.25) is 0 Å². The van der Waals surface area contributed by atoms with E-state index in [4.69, 9.17) is 10.5 Å². The lowest BCUT2D eigenvalue weighted by molar-refractivity contribution is 0.0274. The van der Waals surface area contributed by atoms with Crippen LogP contribution >= 0.6 is 0 Å². The Bertz CT molecular complexity index is 245. The number of nitrogens with two attached hydrogens (primary N) is 1. The SMILES string of the molecule is CC(C)C1CCCN(CC2CCC(CN)O2)CC1. The monoisotopic (exact) mass is 254 g/mol. The molecule has 0 aromatic rings. The minimum atomic E-state index is 0.324. The second-order valence-electron chi connectivity index (χ2n) is 6.43. The predicted molar refractivity (Wildman–Crippen MR) is 75.6 cm³/mol. The van der Waals surface area contributed by atoms with E-state index in [2.05, 4.69) is 18.7 Å². The van der Waals surface area contributed by atoms with Crippen LogP contribution in [0.5, 0.6) is 0 Å². The number of hydrogen-bond donors (Lipinski definition) is 1. The van der Waals surface area contributed by atoms with Crippen molar-refractivity contribution in [1.82, 2.24) is 4.90 Å². The molecule has 0 spiro atoms. The van der Waals surface area contributed by atoms with Gasteiger partial charge in [-0.15, -0.1) is 0 Å². The molecule has 3 heteroatoms. The first kappa shape index (κ1) is 14.3. The van der Waals surface area contributed by atoms with Gasteiger partial charge in [0, 0.05) is 13.1 Å². The van der Waals surface area contributed by atoms with Crippen LogP contribution in [0, 0.1) is 11.8 Å². The third kappa shape index (κ3) is 3.94. The summed E-state index contributed by atoms with van der Waals surface area (Å²) in [4.78, 5) is 2.62. The minimum absolute atomic E-state index is 0.324. The van der Waals surface area contributed by atoms with Crippen LogP contribution in [0.4, 0.5) is 0 Å². The molecule has 2 aliphatic rings. The number of rotatable bonds is 4. The van der Waals surface area contributed by atoms with Crippen molar-refractivity contribution >= 4 is 0 Å². The standard InChI is InChI=1S/C15H30N2O/c1-12(2)13-4-3-8-17(9-7-13)11-15-6-5-14(10-16)18-15/h12-15H,3-11,16H2,1-2H3. The van der Waals surface area contributed by atoms with Gasteiger partial charge in [0.1, 0.15) is 0 Å². The zero-order valence-corrected chi connectivity index (χ0v) is 12.1. The summed E-state index contributed by atoms with van der Waals surface area (Å²) in [7, 11) is 0. The van der Waals surface area contributed by atoms with E-state index in [0.717, 1.165) is 24.8 Å². The second-order valence-corrected chi connectivity index (χ2v) is 6.43. The largest absolute Gasteiger partial charge is 0.372 e. The quantitative estimate of drug-likeness (QED) is 0.836. The maximum atomic E-state index is 5.96. The van der Waals surface area contributed by atoms with E-state index < -0.39 is 0 Å². The van der Waals surface area contributed by atoms with Crippen molar-refractivity contribution in [2.24, 2.45) is 17.6 Å². The van der Waals surface area contributed by atoms with E-state index in [1.165, 1.54) is 38.8 Å². The summed E-state index contributed by atoms with van der Waals surface area (Å²) in [6.45, 7) is 9.07. The van der Waals surface area contributed by atoms with Crippen LogP contribution in [-0.2, 0) is 4.74 Å². The first-order valence-electron chi connectivity index (χ1n) is 7.77.